The summed E-state index contributed by atoms with van der Waals surface area (Å²) in [6.07, 6.45) is 4.87. The minimum atomic E-state index is -0.849. The number of ether oxygens (including phenoxy) is 2. The van der Waals surface area contributed by atoms with Gasteiger partial charge in [0, 0.05) is 47.9 Å². The van der Waals surface area contributed by atoms with E-state index in [4.69, 9.17) is 9.47 Å². The molecule has 13 nitrogen and oxygen atoms in total. The highest BCUT2D eigenvalue weighted by atomic mass is 16.5. The number of amides is 2. The number of fused-ring (bicyclic) bond motifs is 1. The number of phenolic OH excluding ortho intramolecular Hbond substituents is 1. The standard InChI is InChI=1S/C60H61N5O8/c66-53-24-22-51(52-23-25-55(68)64-57(52)53)54(67)36-61-29-26-40-14-18-47(19-15-40)59(70)63-49-32-44(33-49)35-62-58(69)46-20-16-42(17-21-46)38-72-50-13-7-12-48(34-50)56(45-10-5-2-6-11-45)60(71)73-39-43-27-30-65(31-28-43)37-41-8-3-1-4-9-41/h1-25,34-35,43-44,49,54,56,61,66-67H,26-33,36-39H2,(H,63,70)(H,64,68)/b62-35+/t44?,49?,54-,56?/m0/s1. The predicted octanol–water partition coefficient (Wildman–Crippen LogP) is 8.69. The molecule has 0 bridgehead atoms. The summed E-state index contributed by atoms with van der Waals surface area (Å²) < 4.78 is 12.3. The van der Waals surface area contributed by atoms with E-state index in [0.29, 0.717) is 71.7 Å². The topological polar surface area (TPSA) is 183 Å². The van der Waals surface area contributed by atoms with E-state index in [0.717, 1.165) is 54.7 Å². The van der Waals surface area contributed by atoms with Crippen LogP contribution in [-0.4, -0.2) is 82.9 Å². The number of H-pyrrole nitrogens is 1. The first-order valence-corrected chi connectivity index (χ1v) is 25.1. The number of nitrogens with zero attached hydrogens (tertiary/aromatic N) is 2. The highest BCUT2D eigenvalue weighted by Crippen LogP contribution is 2.32. The quantitative estimate of drug-likeness (QED) is 0.0282. The maximum Gasteiger partial charge on any atom is 0.317 e. The Morgan fingerprint density at radius 1 is 0.767 bits per heavy atom. The molecule has 7 aromatic rings. The Bertz CT molecular complexity index is 3060. The zero-order chi connectivity index (χ0) is 50.5. The number of carbonyl (C=O) groups excluding carboxylic acids is 3. The predicted molar refractivity (Wildman–Crippen MR) is 282 cm³/mol. The molecule has 1 aliphatic carbocycles. The molecule has 1 aliphatic heterocycles. The van der Waals surface area contributed by atoms with Crippen LogP contribution in [0.25, 0.3) is 10.9 Å². The number of aromatic hydroxyl groups is 1. The van der Waals surface area contributed by atoms with Crippen molar-refractivity contribution in [1.29, 1.82) is 0 Å². The molecule has 6 aromatic carbocycles. The zero-order valence-electron chi connectivity index (χ0n) is 40.7. The van der Waals surface area contributed by atoms with E-state index in [1.54, 1.807) is 42.6 Å². The van der Waals surface area contributed by atoms with Crippen molar-refractivity contribution in [2.75, 3.05) is 32.8 Å². The third-order valence-corrected chi connectivity index (χ3v) is 13.9. The van der Waals surface area contributed by atoms with Gasteiger partial charge in [0.2, 0.25) is 5.56 Å². The molecule has 9 rings (SSSR count). The average Bonchev–Trinajstić information content (AvgIpc) is 3.41. The summed E-state index contributed by atoms with van der Waals surface area (Å²) in [7, 11) is 0. The molecule has 2 aliphatic rings. The number of carbonyl (C=O) groups is 3. The molecule has 5 N–H and O–H groups in total. The molecule has 2 amide bonds. The van der Waals surface area contributed by atoms with Crippen LogP contribution in [0.5, 0.6) is 11.5 Å². The van der Waals surface area contributed by atoms with E-state index < -0.39 is 12.0 Å². The molecular formula is C60H61N5O8. The van der Waals surface area contributed by atoms with Crippen LogP contribution in [0.15, 0.2) is 168 Å². The largest absolute Gasteiger partial charge is 0.506 e. The van der Waals surface area contributed by atoms with Gasteiger partial charge in [-0.05, 0) is 145 Å². The summed E-state index contributed by atoms with van der Waals surface area (Å²) >= 11 is 0. The number of aromatic nitrogens is 1. The van der Waals surface area contributed by atoms with Gasteiger partial charge in [-0.2, -0.15) is 0 Å². The Morgan fingerprint density at radius 2 is 1.47 bits per heavy atom. The van der Waals surface area contributed by atoms with E-state index in [1.165, 1.54) is 17.7 Å². The Balaban J connectivity index is 0.683. The van der Waals surface area contributed by atoms with E-state index in [-0.39, 0.29) is 54.2 Å². The molecule has 0 spiro atoms. The molecule has 2 heterocycles. The lowest BCUT2D eigenvalue weighted by Gasteiger charge is -2.33. The van der Waals surface area contributed by atoms with Crippen molar-refractivity contribution >= 4 is 34.9 Å². The van der Waals surface area contributed by atoms with Crippen molar-refractivity contribution in [3.63, 3.8) is 0 Å². The molecule has 1 saturated carbocycles. The van der Waals surface area contributed by atoms with Gasteiger partial charge in [0.1, 0.15) is 24.0 Å². The van der Waals surface area contributed by atoms with Crippen LogP contribution in [0.3, 0.4) is 0 Å². The third kappa shape index (κ3) is 13.4. The average molecular weight is 980 g/mol. The van der Waals surface area contributed by atoms with Crippen LogP contribution in [0.2, 0.25) is 0 Å². The van der Waals surface area contributed by atoms with Gasteiger partial charge in [-0.15, -0.1) is 0 Å². The van der Waals surface area contributed by atoms with Gasteiger partial charge in [0.15, 0.2) is 0 Å². The number of aliphatic imine (C=N–C) groups is 1. The van der Waals surface area contributed by atoms with Crippen molar-refractivity contribution in [2.45, 2.75) is 63.3 Å². The van der Waals surface area contributed by atoms with Crippen molar-refractivity contribution < 1.29 is 34.1 Å². The lowest BCUT2D eigenvalue weighted by atomic mass is 9.81. The van der Waals surface area contributed by atoms with Gasteiger partial charge >= 0.3 is 5.97 Å². The van der Waals surface area contributed by atoms with Crippen LogP contribution in [0.1, 0.15) is 91.8 Å². The van der Waals surface area contributed by atoms with Crippen molar-refractivity contribution in [2.24, 2.45) is 16.8 Å². The van der Waals surface area contributed by atoms with E-state index in [1.807, 2.05) is 84.9 Å². The van der Waals surface area contributed by atoms with Crippen LogP contribution in [0.4, 0.5) is 0 Å². The van der Waals surface area contributed by atoms with Crippen LogP contribution >= 0.6 is 0 Å². The number of hydrogen-bond donors (Lipinski definition) is 5. The fourth-order valence-corrected chi connectivity index (χ4v) is 9.61. The van der Waals surface area contributed by atoms with E-state index >= 15 is 0 Å². The van der Waals surface area contributed by atoms with Crippen LogP contribution in [0, 0.1) is 11.8 Å². The summed E-state index contributed by atoms with van der Waals surface area (Å²) in [5.41, 5.74) is 6.45. The maximum atomic E-state index is 13.8. The number of benzene rings is 6. The number of aliphatic hydroxyl groups excluding tert-OH is 1. The number of rotatable bonds is 20. The fourth-order valence-electron chi connectivity index (χ4n) is 9.61. The number of aliphatic hydroxyl groups is 1. The number of hydrogen-bond acceptors (Lipinski definition) is 10. The van der Waals surface area contributed by atoms with Gasteiger partial charge in [-0.1, -0.05) is 103 Å². The molecule has 73 heavy (non-hydrogen) atoms. The Morgan fingerprint density at radius 3 is 2.22 bits per heavy atom. The highest BCUT2D eigenvalue weighted by molar-refractivity contribution is 5.99. The number of aromatic amines is 1. The Labute approximate surface area is 424 Å². The molecule has 1 saturated heterocycles. The molecule has 0 radical (unpaired) electrons. The molecule has 374 valence electrons. The summed E-state index contributed by atoms with van der Waals surface area (Å²) in [6.45, 7) is 4.42. The number of nitrogens with one attached hydrogen (secondary N) is 3. The maximum absolute atomic E-state index is 13.8. The molecule has 2 atom stereocenters. The summed E-state index contributed by atoms with van der Waals surface area (Å²) in [6, 6.07) is 48.5. The number of pyridine rings is 1. The van der Waals surface area contributed by atoms with Gasteiger partial charge < -0.3 is 35.3 Å². The van der Waals surface area contributed by atoms with Gasteiger partial charge in [0.05, 0.1) is 18.2 Å². The van der Waals surface area contributed by atoms with Gasteiger partial charge in [-0.25, -0.2) is 4.99 Å². The van der Waals surface area contributed by atoms with Crippen molar-refractivity contribution in [3.8, 4) is 11.5 Å². The summed E-state index contributed by atoms with van der Waals surface area (Å²) in [5.74, 6) is -0.399. The second-order valence-electron chi connectivity index (χ2n) is 19.2. The number of phenols is 1. The van der Waals surface area contributed by atoms with Crippen LogP contribution in [-0.2, 0) is 29.1 Å². The Hall–Kier alpha value is -7.71. The third-order valence-electron chi connectivity index (χ3n) is 13.9. The summed E-state index contributed by atoms with van der Waals surface area (Å²) in [4.78, 5) is 60.9. The lowest BCUT2D eigenvalue weighted by molar-refractivity contribution is -0.146. The van der Waals surface area contributed by atoms with Crippen LogP contribution < -0.4 is 20.9 Å². The van der Waals surface area contributed by atoms with Crippen molar-refractivity contribution in [1.82, 2.24) is 20.5 Å². The highest BCUT2D eigenvalue weighted by Gasteiger charge is 2.30. The SMILES string of the molecule is O=C(/N=C/C1CC(NC(=O)c2ccc(CCNC[C@H](O)c3ccc(O)c4[nH]c(=O)ccc34)cc2)C1)c1ccc(COc2cccc(C(C(=O)OCC3CCN(Cc4ccccc4)CC3)c3ccccc3)c2)cc1. The zero-order valence-corrected chi connectivity index (χ0v) is 40.7. The smallest absolute Gasteiger partial charge is 0.317 e. The molecule has 2 fully saturated rings. The number of likely N-dealkylation sites (tertiary alicyclic amines) is 1. The van der Waals surface area contributed by atoms with E-state index in [2.05, 4.69) is 49.8 Å². The number of esters is 1. The normalized spacial score (nSPS) is 16.9. The fraction of sp³-hybridized carbons (Fsp3) is 0.283. The minimum Gasteiger partial charge on any atom is -0.506 e. The first-order valence-electron chi connectivity index (χ1n) is 25.1. The lowest BCUT2D eigenvalue weighted by Crippen LogP contribution is -2.44. The molecule has 1 aromatic heterocycles. The minimum absolute atomic E-state index is 0.0114. The second-order valence-corrected chi connectivity index (χ2v) is 19.2. The Kier molecular flexibility index (Phi) is 16.6. The second kappa shape index (κ2) is 24.1. The van der Waals surface area contributed by atoms with Gasteiger partial charge in [-0.3, -0.25) is 24.1 Å². The van der Waals surface area contributed by atoms with Gasteiger partial charge in [0.25, 0.3) is 11.8 Å². The number of piperidine rings is 1. The van der Waals surface area contributed by atoms with Crippen molar-refractivity contribution in [3.05, 3.63) is 213 Å². The summed E-state index contributed by atoms with van der Waals surface area (Å²) in [5, 5.41) is 27.9. The molecular weight excluding hydrogens is 919 g/mol. The molecule has 1 unspecified atom stereocenters. The monoisotopic (exact) mass is 979 g/mol. The first-order chi connectivity index (χ1) is 35.6. The first kappa shape index (κ1) is 50.2. The molecule has 13 heteroatoms. The van der Waals surface area contributed by atoms with E-state index in [9.17, 15) is 29.4 Å².